The zero-order chi connectivity index (χ0) is 33.9. The van der Waals surface area contributed by atoms with E-state index in [1.54, 1.807) is 13.8 Å². The van der Waals surface area contributed by atoms with Crippen LogP contribution in [0.25, 0.3) is 0 Å². The Morgan fingerprint density at radius 3 is 1.23 bits per heavy atom. The van der Waals surface area contributed by atoms with Gasteiger partial charge in [0.2, 0.25) is 11.8 Å². The lowest BCUT2D eigenvalue weighted by Crippen LogP contribution is -2.43. The van der Waals surface area contributed by atoms with Crippen molar-refractivity contribution in [1.82, 2.24) is 21.3 Å². The van der Waals surface area contributed by atoms with Gasteiger partial charge >= 0.3 is 33.6 Å². The first-order chi connectivity index (χ1) is 20.3. The van der Waals surface area contributed by atoms with Gasteiger partial charge in [-0.05, 0) is 26.7 Å². The van der Waals surface area contributed by atoms with Gasteiger partial charge in [0.15, 0.2) is 0 Å². The summed E-state index contributed by atoms with van der Waals surface area (Å²) in [6.07, 6.45) is -1.38. The molecule has 6 atom stereocenters. The van der Waals surface area contributed by atoms with Gasteiger partial charge in [-0.2, -0.15) is 0 Å². The number of carbonyl (C=O) groups excluding carboxylic acids is 5. The third-order valence-corrected chi connectivity index (χ3v) is 7.30. The number of ether oxygens (including phenoxy) is 2. The molecule has 0 saturated carbocycles. The quantitative estimate of drug-likeness (QED) is 0.0509. The van der Waals surface area contributed by atoms with E-state index in [-0.39, 0.29) is 39.1 Å². The molecule has 0 aliphatic carbocycles. The average molecular weight is 679 g/mol. The van der Waals surface area contributed by atoms with E-state index in [0.717, 1.165) is 0 Å². The molecule has 0 fully saturated rings. The Hall–Kier alpha value is -2.63. The van der Waals surface area contributed by atoms with Crippen LogP contribution in [0.5, 0.6) is 0 Å². The van der Waals surface area contributed by atoms with Crippen molar-refractivity contribution in [1.29, 1.82) is 0 Å². The van der Waals surface area contributed by atoms with Crippen molar-refractivity contribution < 1.29 is 70.5 Å². The molecule has 0 aromatic rings. The van der Waals surface area contributed by atoms with Crippen molar-refractivity contribution in [3.05, 3.63) is 0 Å². The summed E-state index contributed by atoms with van der Waals surface area (Å²) in [5, 5.41) is 9.76. The Kier molecular flexibility index (Phi) is 19.9. The molecular formula is C23H44N4O15P2. The van der Waals surface area contributed by atoms with Crippen molar-refractivity contribution in [3.63, 3.8) is 0 Å². The lowest BCUT2D eigenvalue weighted by molar-refractivity contribution is -0.148. The molecule has 0 bridgehead atoms. The monoisotopic (exact) mass is 678 g/mol. The summed E-state index contributed by atoms with van der Waals surface area (Å²) >= 11 is 0. The molecule has 0 heterocycles. The van der Waals surface area contributed by atoms with Crippen LogP contribution in [0.15, 0.2) is 0 Å². The third-order valence-electron chi connectivity index (χ3n) is 5.26. The molecule has 4 unspecified atom stereocenters. The van der Waals surface area contributed by atoms with E-state index < -0.39 is 82.9 Å². The van der Waals surface area contributed by atoms with Gasteiger partial charge in [0.25, 0.3) is 0 Å². The molecule has 44 heavy (non-hydrogen) atoms. The van der Waals surface area contributed by atoms with E-state index in [1.165, 1.54) is 27.7 Å². The van der Waals surface area contributed by atoms with Crippen molar-refractivity contribution in [3.8, 4) is 0 Å². The summed E-state index contributed by atoms with van der Waals surface area (Å²) in [7, 11) is -9.02. The Labute approximate surface area is 255 Å². The maximum absolute atomic E-state index is 12.0. The second-order valence-electron chi connectivity index (χ2n) is 9.27. The molecule has 0 radical (unpaired) electrons. The van der Waals surface area contributed by atoms with E-state index >= 15 is 0 Å². The zero-order valence-electron chi connectivity index (χ0n) is 25.6. The fraction of sp³-hybridized carbons (Fsp3) is 0.783. The highest BCUT2D eigenvalue weighted by molar-refractivity contribution is 7.47. The van der Waals surface area contributed by atoms with Crippen LogP contribution >= 0.6 is 15.6 Å². The molecule has 0 aromatic heterocycles. The Morgan fingerprint density at radius 2 is 0.932 bits per heavy atom. The second kappa shape index (κ2) is 21.2. The number of phosphoric ester groups is 2. The fourth-order valence-electron chi connectivity index (χ4n) is 3.44. The SMILES string of the molecule is CC(=O)N[C@@H](CCOP(=O)(O)OCCNC(=O)NCCOP(=O)(O)OCC[C@H](NC(C)=O)C(C)OC(C)=O)C(C)OC(C)=O. The Morgan fingerprint density at radius 1 is 0.614 bits per heavy atom. The first-order valence-corrected chi connectivity index (χ1v) is 16.5. The van der Waals surface area contributed by atoms with Crippen molar-refractivity contribution in [2.75, 3.05) is 39.5 Å². The minimum absolute atomic E-state index is 0.0311. The maximum Gasteiger partial charge on any atom is 0.472 e. The van der Waals surface area contributed by atoms with Gasteiger partial charge in [-0.3, -0.25) is 37.3 Å². The van der Waals surface area contributed by atoms with E-state index in [1.807, 2.05) is 0 Å². The van der Waals surface area contributed by atoms with Crippen molar-refractivity contribution in [2.24, 2.45) is 0 Å². The van der Waals surface area contributed by atoms with Crippen LogP contribution in [0.3, 0.4) is 0 Å². The van der Waals surface area contributed by atoms with Gasteiger partial charge in [0.05, 0.1) is 38.5 Å². The number of hydrogen-bond acceptors (Lipinski definition) is 13. The number of urea groups is 1. The van der Waals surface area contributed by atoms with Crippen LogP contribution in [-0.4, -0.2) is 103 Å². The molecule has 0 aliphatic rings. The number of nitrogens with one attached hydrogen (secondary N) is 4. The summed E-state index contributed by atoms with van der Waals surface area (Å²) in [5.74, 6) is -1.93. The summed E-state index contributed by atoms with van der Waals surface area (Å²) in [4.78, 5) is 76.5. The minimum Gasteiger partial charge on any atom is -0.461 e. The van der Waals surface area contributed by atoms with Crippen LogP contribution in [0.1, 0.15) is 54.4 Å². The number of rotatable bonds is 22. The van der Waals surface area contributed by atoms with E-state index in [2.05, 4.69) is 21.3 Å². The van der Waals surface area contributed by atoms with Crippen LogP contribution in [-0.2, 0) is 55.9 Å². The van der Waals surface area contributed by atoms with Crippen LogP contribution < -0.4 is 21.3 Å². The predicted octanol–water partition coefficient (Wildman–Crippen LogP) is 0.246. The summed E-state index contributed by atoms with van der Waals surface area (Å²) < 4.78 is 53.3. The molecule has 4 amide bonds. The van der Waals surface area contributed by atoms with Crippen LogP contribution in [0, 0.1) is 0 Å². The van der Waals surface area contributed by atoms with E-state index in [4.69, 9.17) is 27.6 Å². The Balaban J connectivity index is 4.31. The topological polar surface area (TPSA) is 263 Å². The Bertz CT molecular complexity index is 969. The highest BCUT2D eigenvalue weighted by Gasteiger charge is 2.26. The molecular weight excluding hydrogens is 634 g/mol. The van der Waals surface area contributed by atoms with Gasteiger partial charge in [-0.1, -0.05) is 0 Å². The number of esters is 2. The summed E-state index contributed by atoms with van der Waals surface area (Å²) in [5.41, 5.74) is 0. The molecule has 19 nitrogen and oxygen atoms in total. The zero-order valence-corrected chi connectivity index (χ0v) is 27.4. The number of hydrogen-bond donors (Lipinski definition) is 6. The molecule has 0 spiro atoms. The van der Waals surface area contributed by atoms with Crippen molar-refractivity contribution >= 4 is 45.4 Å². The molecule has 0 aliphatic heterocycles. The van der Waals surface area contributed by atoms with Crippen LogP contribution in [0.2, 0.25) is 0 Å². The van der Waals surface area contributed by atoms with Gasteiger partial charge in [-0.25, -0.2) is 13.9 Å². The van der Waals surface area contributed by atoms with Crippen LogP contribution in [0.4, 0.5) is 4.79 Å². The third kappa shape index (κ3) is 22.0. The number of amides is 4. The highest BCUT2D eigenvalue weighted by atomic mass is 31.2. The lowest BCUT2D eigenvalue weighted by atomic mass is 10.1. The lowest BCUT2D eigenvalue weighted by Gasteiger charge is -2.24. The number of carbonyl (C=O) groups is 5. The number of phosphoric acid groups is 2. The molecule has 0 saturated heterocycles. The first-order valence-electron chi connectivity index (χ1n) is 13.5. The standard InChI is InChI=1S/C23H44N4O15P2/c1-15(41-19(5)30)21(26-17(3)28)7-11-37-43(33,34)39-13-9-24-23(32)25-10-14-40-44(35,36)38-12-8-22(27-18(4)29)16(2)42-20(6)31/h15-16,21-22H,7-14H2,1-6H3,(H,26,28)(H,27,29)(H,33,34)(H,35,36)(H2,24,25,32)/t15?,16?,21-,22-/m0/s1. The van der Waals surface area contributed by atoms with Gasteiger partial charge in [0, 0.05) is 40.8 Å². The fourth-order valence-corrected chi connectivity index (χ4v) is 4.90. The average Bonchev–Trinajstić information content (AvgIpc) is 2.86. The molecule has 256 valence electrons. The normalized spacial score (nSPS) is 16.5. The van der Waals surface area contributed by atoms with E-state index in [0.29, 0.717) is 0 Å². The highest BCUT2D eigenvalue weighted by Crippen LogP contribution is 2.43. The first kappa shape index (κ1) is 41.4. The van der Waals surface area contributed by atoms with E-state index in [9.17, 15) is 42.9 Å². The molecule has 21 heteroatoms. The predicted molar refractivity (Wildman–Crippen MR) is 152 cm³/mol. The summed E-state index contributed by atoms with van der Waals surface area (Å²) in [6.45, 7) is 6.13. The largest absolute Gasteiger partial charge is 0.472 e. The van der Waals surface area contributed by atoms with Gasteiger partial charge < -0.3 is 40.5 Å². The maximum atomic E-state index is 12.0. The smallest absolute Gasteiger partial charge is 0.461 e. The van der Waals surface area contributed by atoms with Gasteiger partial charge in [-0.15, -0.1) is 0 Å². The molecule has 0 aromatic carbocycles. The molecule has 6 N–H and O–H groups in total. The van der Waals surface area contributed by atoms with Crippen molar-refractivity contribution in [2.45, 2.75) is 78.7 Å². The van der Waals surface area contributed by atoms with Gasteiger partial charge in [0.1, 0.15) is 12.2 Å². The minimum atomic E-state index is -4.51. The second-order valence-corrected chi connectivity index (χ2v) is 12.2. The molecule has 0 rings (SSSR count). The summed E-state index contributed by atoms with van der Waals surface area (Å²) in [6, 6.07) is -2.10.